The molecule has 3 saturated carbocycles. The highest BCUT2D eigenvalue weighted by atomic mass is 32.2. The van der Waals surface area contributed by atoms with Crippen molar-refractivity contribution in [2.75, 3.05) is 12.3 Å². The van der Waals surface area contributed by atoms with E-state index in [-0.39, 0.29) is 12.5 Å². The van der Waals surface area contributed by atoms with Crippen LogP contribution in [0.4, 0.5) is 0 Å². The van der Waals surface area contributed by atoms with Gasteiger partial charge in [-0.25, -0.2) is 0 Å². The normalized spacial score (nSPS) is 36.9. The highest BCUT2D eigenvalue weighted by Gasteiger charge is 2.49. The average Bonchev–Trinajstić information content (AvgIpc) is 2.77. The number of carbonyl (C=O) groups excluding carboxylic acids is 1. The zero-order valence-corrected chi connectivity index (χ0v) is 20.6. The second-order valence-corrected chi connectivity index (χ2v) is 12.7. The van der Waals surface area contributed by atoms with Gasteiger partial charge >= 0.3 is 0 Å². The summed E-state index contributed by atoms with van der Waals surface area (Å²) in [6.45, 7) is 5.13. The van der Waals surface area contributed by atoms with Crippen LogP contribution < -0.4 is 5.32 Å². The summed E-state index contributed by atoms with van der Waals surface area (Å²) in [5.74, 6) is 3.78. The van der Waals surface area contributed by atoms with Crippen LogP contribution in [0.25, 0.3) is 0 Å². The van der Waals surface area contributed by atoms with Gasteiger partial charge < -0.3 is 5.32 Å². The number of rotatable bonds is 7. The second-order valence-electron chi connectivity index (χ2n) is 11.2. The number of fused-ring (bicyclic) bond motifs is 3. The van der Waals surface area contributed by atoms with Crippen molar-refractivity contribution in [2.45, 2.75) is 104 Å². The van der Waals surface area contributed by atoms with Crippen molar-refractivity contribution >= 4 is 16.0 Å². The molecule has 180 valence electrons. The van der Waals surface area contributed by atoms with E-state index in [2.05, 4.69) is 19.2 Å². The van der Waals surface area contributed by atoms with Gasteiger partial charge in [-0.1, -0.05) is 52.4 Å². The molecule has 0 saturated heterocycles. The Labute approximate surface area is 190 Å². The molecule has 3 fully saturated rings. The Bertz CT molecular complexity index is 694. The minimum absolute atomic E-state index is 0.0127. The Morgan fingerprint density at radius 3 is 2.61 bits per heavy atom. The summed E-state index contributed by atoms with van der Waals surface area (Å²) in [7, 11) is -4.01. The summed E-state index contributed by atoms with van der Waals surface area (Å²) in [5, 5.41) is 2.60. The summed E-state index contributed by atoms with van der Waals surface area (Å²) in [6.07, 6.45) is 17.7. The lowest BCUT2D eigenvalue weighted by atomic mass is 9.50. The molecule has 2 N–H and O–H groups in total. The molecule has 5 nitrogen and oxygen atoms in total. The standard InChI is InChI=1S/C25H45NO4S/c1-19-12-13-20(8-6-11-24(27)26-17-18-31(28,29)30)7-5-10-23-22(19)15-14-21-9-3-4-16-25(21,23)2/h19-23H,3-18H2,1-2H3,(H,26,27)(H,28,29,30). The summed E-state index contributed by atoms with van der Waals surface area (Å²) >= 11 is 0. The molecule has 0 aromatic rings. The first kappa shape index (κ1) is 25.0. The molecule has 0 spiro atoms. The molecule has 3 aliphatic rings. The molecule has 0 aromatic heterocycles. The molecular weight excluding hydrogens is 410 g/mol. The maximum Gasteiger partial charge on any atom is 0.266 e. The van der Waals surface area contributed by atoms with Crippen LogP contribution in [-0.4, -0.2) is 31.2 Å². The van der Waals surface area contributed by atoms with E-state index >= 15 is 0 Å². The van der Waals surface area contributed by atoms with Gasteiger partial charge in [-0.3, -0.25) is 9.35 Å². The fraction of sp³-hybridized carbons (Fsp3) is 0.960. The van der Waals surface area contributed by atoms with E-state index < -0.39 is 15.9 Å². The fourth-order valence-electron chi connectivity index (χ4n) is 7.43. The van der Waals surface area contributed by atoms with Gasteiger partial charge in [0.05, 0.1) is 5.75 Å². The van der Waals surface area contributed by atoms with Crippen molar-refractivity contribution in [3.63, 3.8) is 0 Å². The number of carbonyl (C=O) groups is 1. The lowest BCUT2D eigenvalue weighted by molar-refractivity contribution is -0.121. The number of amides is 1. The average molecular weight is 456 g/mol. The van der Waals surface area contributed by atoms with Crippen LogP contribution >= 0.6 is 0 Å². The van der Waals surface area contributed by atoms with Gasteiger partial charge in [-0.05, 0) is 80.0 Å². The molecule has 6 unspecified atom stereocenters. The van der Waals surface area contributed by atoms with E-state index in [9.17, 15) is 13.2 Å². The Morgan fingerprint density at radius 2 is 1.84 bits per heavy atom. The van der Waals surface area contributed by atoms with E-state index in [1.165, 1.54) is 70.6 Å². The highest BCUT2D eigenvalue weighted by Crippen LogP contribution is 2.58. The van der Waals surface area contributed by atoms with Gasteiger partial charge in [0, 0.05) is 13.0 Å². The van der Waals surface area contributed by atoms with E-state index in [0.29, 0.717) is 17.8 Å². The predicted molar refractivity (Wildman–Crippen MR) is 125 cm³/mol. The Morgan fingerprint density at radius 1 is 1.03 bits per heavy atom. The van der Waals surface area contributed by atoms with Gasteiger partial charge in [0.25, 0.3) is 10.1 Å². The van der Waals surface area contributed by atoms with Crippen molar-refractivity contribution in [3.05, 3.63) is 0 Å². The molecule has 0 heterocycles. The molecule has 6 atom stereocenters. The van der Waals surface area contributed by atoms with E-state index in [4.69, 9.17) is 4.55 Å². The molecule has 3 aliphatic carbocycles. The van der Waals surface area contributed by atoms with Crippen LogP contribution in [0.5, 0.6) is 0 Å². The summed E-state index contributed by atoms with van der Waals surface area (Å²) in [4.78, 5) is 12.0. The predicted octanol–water partition coefficient (Wildman–Crippen LogP) is 5.60. The number of hydrogen-bond acceptors (Lipinski definition) is 3. The van der Waals surface area contributed by atoms with Gasteiger partial charge in [0.1, 0.15) is 0 Å². The van der Waals surface area contributed by atoms with E-state index in [0.717, 1.165) is 36.5 Å². The molecule has 0 aliphatic heterocycles. The topological polar surface area (TPSA) is 83.5 Å². The van der Waals surface area contributed by atoms with Gasteiger partial charge in [-0.2, -0.15) is 8.42 Å². The first-order chi connectivity index (χ1) is 14.7. The minimum Gasteiger partial charge on any atom is -0.355 e. The van der Waals surface area contributed by atoms with E-state index in [1.807, 2.05) is 0 Å². The van der Waals surface area contributed by atoms with Crippen LogP contribution in [-0.2, 0) is 14.9 Å². The third-order valence-electron chi connectivity index (χ3n) is 9.25. The lowest BCUT2D eigenvalue weighted by Gasteiger charge is -2.55. The molecule has 0 bridgehead atoms. The van der Waals surface area contributed by atoms with Crippen molar-refractivity contribution in [3.8, 4) is 0 Å². The molecule has 0 radical (unpaired) electrons. The van der Waals surface area contributed by atoms with Crippen molar-refractivity contribution in [2.24, 2.45) is 35.0 Å². The Hall–Kier alpha value is -0.620. The van der Waals surface area contributed by atoms with Gasteiger partial charge in [0.15, 0.2) is 0 Å². The largest absolute Gasteiger partial charge is 0.355 e. The van der Waals surface area contributed by atoms with Crippen molar-refractivity contribution in [1.82, 2.24) is 5.32 Å². The minimum atomic E-state index is -4.01. The van der Waals surface area contributed by atoms with Crippen molar-refractivity contribution in [1.29, 1.82) is 0 Å². The monoisotopic (exact) mass is 455 g/mol. The third-order valence-corrected chi connectivity index (χ3v) is 9.97. The van der Waals surface area contributed by atoms with Crippen molar-refractivity contribution < 1.29 is 17.8 Å². The molecule has 0 aromatic carbocycles. The van der Waals surface area contributed by atoms with Crippen LogP contribution in [0.3, 0.4) is 0 Å². The molecule has 1 amide bonds. The van der Waals surface area contributed by atoms with Gasteiger partial charge in [0.2, 0.25) is 5.91 Å². The van der Waals surface area contributed by atoms with E-state index in [1.54, 1.807) is 0 Å². The van der Waals surface area contributed by atoms with Crippen LogP contribution in [0.1, 0.15) is 104 Å². The number of nitrogens with one attached hydrogen (secondary N) is 1. The first-order valence-electron chi connectivity index (χ1n) is 12.9. The Balaban J connectivity index is 1.47. The second kappa shape index (κ2) is 11.0. The van der Waals surface area contributed by atoms with Crippen LogP contribution in [0.15, 0.2) is 0 Å². The molecular formula is C25H45NO4S. The SMILES string of the molecule is CC1CCC(CCCC(=O)NCCS(=O)(=O)O)CCCC2C1CCC1CCCCC12C. The zero-order valence-electron chi connectivity index (χ0n) is 19.8. The third kappa shape index (κ3) is 6.93. The maximum atomic E-state index is 12.0. The fourth-order valence-corrected chi connectivity index (χ4v) is 7.79. The van der Waals surface area contributed by atoms with Crippen LogP contribution in [0.2, 0.25) is 0 Å². The molecule has 31 heavy (non-hydrogen) atoms. The lowest BCUT2D eigenvalue weighted by Crippen LogP contribution is -2.46. The number of hydrogen-bond donors (Lipinski definition) is 2. The first-order valence-corrected chi connectivity index (χ1v) is 14.5. The summed E-state index contributed by atoms with van der Waals surface area (Å²) in [5.41, 5.74) is 0.579. The Kier molecular flexibility index (Phi) is 8.88. The van der Waals surface area contributed by atoms with Gasteiger partial charge in [-0.15, -0.1) is 0 Å². The molecule has 6 heteroatoms. The maximum absolute atomic E-state index is 12.0. The highest BCUT2D eigenvalue weighted by molar-refractivity contribution is 7.85. The van der Waals surface area contributed by atoms with Crippen LogP contribution in [0, 0.1) is 35.0 Å². The molecule has 3 rings (SSSR count). The zero-order chi connectivity index (χ0) is 22.5. The summed E-state index contributed by atoms with van der Waals surface area (Å²) < 4.78 is 30.2. The summed E-state index contributed by atoms with van der Waals surface area (Å²) in [6, 6.07) is 0. The smallest absolute Gasteiger partial charge is 0.266 e. The quantitative estimate of drug-likeness (QED) is 0.489.